The topological polar surface area (TPSA) is 74.9 Å². The van der Waals surface area contributed by atoms with Crippen LogP contribution in [0.15, 0.2) is 12.7 Å². The molecule has 78 valence electrons. The number of carbonyl (C=O) groups excluding carboxylic acids is 2. The first kappa shape index (κ1) is 12.9. The SMILES string of the molecule is [C-]#[N+][C@](CC=C)(CC(C)=O)C(=O)C=[N+]=[N-]. The number of hydrogen-bond acceptors (Lipinski definition) is 2. The van der Waals surface area contributed by atoms with E-state index in [9.17, 15) is 9.59 Å². The van der Waals surface area contributed by atoms with Gasteiger partial charge >= 0.3 is 17.5 Å². The fourth-order valence-electron chi connectivity index (χ4n) is 1.22. The molecule has 0 saturated heterocycles. The number of rotatable bonds is 6. The normalized spacial score (nSPS) is 12.8. The molecule has 0 aliphatic heterocycles. The zero-order valence-corrected chi connectivity index (χ0v) is 8.43. The molecule has 0 rings (SSSR count). The van der Waals surface area contributed by atoms with Crippen molar-refractivity contribution in [2.75, 3.05) is 0 Å². The molecule has 0 heterocycles. The lowest BCUT2D eigenvalue weighted by atomic mass is 9.86. The van der Waals surface area contributed by atoms with Gasteiger partial charge in [0.1, 0.15) is 5.78 Å². The van der Waals surface area contributed by atoms with Crippen molar-refractivity contribution in [3.05, 3.63) is 29.6 Å². The molecular weight excluding hydrogens is 194 g/mol. The highest BCUT2D eigenvalue weighted by molar-refractivity contribution is 6.31. The summed E-state index contributed by atoms with van der Waals surface area (Å²) in [6.07, 6.45) is 1.89. The summed E-state index contributed by atoms with van der Waals surface area (Å²) in [4.78, 5) is 28.2. The van der Waals surface area contributed by atoms with Crippen LogP contribution in [-0.2, 0) is 9.59 Å². The minimum absolute atomic E-state index is 0.0565. The summed E-state index contributed by atoms with van der Waals surface area (Å²) >= 11 is 0. The van der Waals surface area contributed by atoms with Gasteiger partial charge < -0.3 is 10.4 Å². The molecule has 0 bridgehead atoms. The summed E-state index contributed by atoms with van der Waals surface area (Å²) in [5, 5.41) is 0. The molecule has 0 aliphatic rings. The molecule has 0 aromatic carbocycles. The molecule has 0 amide bonds. The van der Waals surface area contributed by atoms with Crippen LogP contribution in [0.1, 0.15) is 19.8 Å². The van der Waals surface area contributed by atoms with Crippen molar-refractivity contribution >= 4 is 17.8 Å². The molecule has 5 heteroatoms. The van der Waals surface area contributed by atoms with E-state index in [2.05, 4.69) is 16.2 Å². The second-order valence-electron chi connectivity index (χ2n) is 3.12. The van der Waals surface area contributed by atoms with Crippen molar-refractivity contribution < 1.29 is 14.4 Å². The Morgan fingerprint density at radius 1 is 1.60 bits per heavy atom. The smallest absolute Gasteiger partial charge is 0.331 e. The lowest BCUT2D eigenvalue weighted by Crippen LogP contribution is -2.37. The van der Waals surface area contributed by atoms with E-state index in [0.29, 0.717) is 6.21 Å². The van der Waals surface area contributed by atoms with E-state index in [1.165, 1.54) is 13.0 Å². The number of Topliss-reactive ketones (excluding diaryl/α,β-unsaturated/α-hetero) is 2. The Kier molecular flexibility index (Phi) is 4.86. The van der Waals surface area contributed by atoms with E-state index in [-0.39, 0.29) is 18.6 Å². The standard InChI is InChI=1S/C10H11N3O2/c1-4-5-10(12-3,6-8(2)14)9(15)7-13-11/h4,7H,1,5-6H2,2H3/t10-/m1/s1. The largest absolute Gasteiger partial charge is 0.361 e. The first-order chi connectivity index (χ1) is 7.02. The highest BCUT2D eigenvalue weighted by Gasteiger charge is 2.46. The predicted octanol–water partition coefficient (Wildman–Crippen LogP) is 1.07. The van der Waals surface area contributed by atoms with E-state index < -0.39 is 11.3 Å². The zero-order chi connectivity index (χ0) is 11.9. The number of ketones is 2. The maximum Gasteiger partial charge on any atom is 0.331 e. The van der Waals surface area contributed by atoms with Crippen molar-refractivity contribution in [2.45, 2.75) is 25.3 Å². The average Bonchev–Trinajstić information content (AvgIpc) is 2.16. The minimum Gasteiger partial charge on any atom is -0.361 e. The van der Waals surface area contributed by atoms with Crippen molar-refractivity contribution in [3.63, 3.8) is 0 Å². The van der Waals surface area contributed by atoms with Crippen LogP contribution in [0.25, 0.3) is 10.4 Å². The van der Waals surface area contributed by atoms with Gasteiger partial charge in [0.2, 0.25) is 0 Å². The maximum atomic E-state index is 11.5. The highest BCUT2D eigenvalue weighted by Crippen LogP contribution is 2.22. The number of nitrogens with zero attached hydrogens (tertiary/aromatic N) is 3. The maximum absolute atomic E-state index is 11.5. The van der Waals surface area contributed by atoms with Gasteiger partial charge in [0.15, 0.2) is 0 Å². The third kappa shape index (κ3) is 3.29. The van der Waals surface area contributed by atoms with Crippen LogP contribution < -0.4 is 0 Å². The molecule has 1 atom stereocenters. The van der Waals surface area contributed by atoms with Gasteiger partial charge in [0.25, 0.3) is 0 Å². The second-order valence-corrected chi connectivity index (χ2v) is 3.12. The summed E-state index contributed by atoms with van der Waals surface area (Å²) in [6, 6.07) is 0. The van der Waals surface area contributed by atoms with Gasteiger partial charge in [-0.2, -0.15) is 4.79 Å². The van der Waals surface area contributed by atoms with Crippen LogP contribution in [0.3, 0.4) is 0 Å². The molecule has 0 unspecified atom stereocenters. The Morgan fingerprint density at radius 2 is 2.20 bits per heavy atom. The fourth-order valence-corrected chi connectivity index (χ4v) is 1.22. The Labute approximate surface area is 87.8 Å². The van der Waals surface area contributed by atoms with Crippen molar-refractivity contribution in [1.29, 1.82) is 0 Å². The van der Waals surface area contributed by atoms with Gasteiger partial charge in [-0.15, -0.1) is 6.58 Å². The minimum atomic E-state index is -1.50. The van der Waals surface area contributed by atoms with Gasteiger partial charge in [-0.3, -0.25) is 9.59 Å². The summed E-state index contributed by atoms with van der Waals surface area (Å²) in [7, 11) is 0. The molecule has 0 aromatic heterocycles. The Bertz CT molecular complexity index is 375. The Balaban J connectivity index is 5.23. The molecule has 15 heavy (non-hydrogen) atoms. The van der Waals surface area contributed by atoms with Crippen LogP contribution in [0.2, 0.25) is 0 Å². The molecule has 0 N–H and O–H groups in total. The molecule has 0 aliphatic carbocycles. The highest BCUT2D eigenvalue weighted by atomic mass is 16.1. The Hall–Kier alpha value is -2.05. The Morgan fingerprint density at radius 3 is 2.53 bits per heavy atom. The lowest BCUT2D eigenvalue weighted by molar-refractivity contribution is -0.124. The molecular formula is C10H11N3O2. The van der Waals surface area contributed by atoms with Gasteiger partial charge in [-0.05, 0) is 6.92 Å². The van der Waals surface area contributed by atoms with Crippen LogP contribution in [0.5, 0.6) is 0 Å². The lowest BCUT2D eigenvalue weighted by Gasteiger charge is -2.13. The summed E-state index contributed by atoms with van der Waals surface area (Å²) in [6.45, 7) is 11.7. The molecule has 0 fully saturated rings. The van der Waals surface area contributed by atoms with Gasteiger partial charge in [0.05, 0.1) is 12.8 Å². The fraction of sp³-hybridized carbons (Fsp3) is 0.400. The van der Waals surface area contributed by atoms with E-state index in [0.717, 1.165) is 0 Å². The van der Waals surface area contributed by atoms with Crippen LogP contribution >= 0.6 is 0 Å². The van der Waals surface area contributed by atoms with Gasteiger partial charge in [-0.1, -0.05) is 6.08 Å². The van der Waals surface area contributed by atoms with Crippen molar-refractivity contribution in [2.24, 2.45) is 0 Å². The average molecular weight is 205 g/mol. The predicted molar refractivity (Wildman–Crippen MR) is 54.1 cm³/mol. The van der Waals surface area contributed by atoms with E-state index >= 15 is 0 Å². The van der Waals surface area contributed by atoms with Crippen LogP contribution in [0.4, 0.5) is 0 Å². The van der Waals surface area contributed by atoms with Gasteiger partial charge in [-0.25, -0.2) is 6.57 Å². The van der Waals surface area contributed by atoms with Crippen molar-refractivity contribution in [1.82, 2.24) is 0 Å². The number of hydrogen-bond donors (Lipinski definition) is 0. The molecule has 0 saturated carbocycles. The summed E-state index contributed by atoms with van der Waals surface area (Å²) in [5.41, 5.74) is 6.73. The molecule has 0 spiro atoms. The molecule has 0 aromatic rings. The second kappa shape index (κ2) is 5.63. The quantitative estimate of drug-likeness (QED) is 0.214. The van der Waals surface area contributed by atoms with Crippen LogP contribution in [0, 0.1) is 6.57 Å². The monoisotopic (exact) mass is 205 g/mol. The molecule has 5 nitrogen and oxygen atoms in total. The van der Waals surface area contributed by atoms with E-state index in [4.69, 9.17) is 12.1 Å². The van der Waals surface area contributed by atoms with Gasteiger partial charge in [0, 0.05) is 0 Å². The first-order valence-corrected chi connectivity index (χ1v) is 4.23. The van der Waals surface area contributed by atoms with Crippen molar-refractivity contribution in [3.8, 4) is 0 Å². The van der Waals surface area contributed by atoms with E-state index in [1.807, 2.05) is 0 Å². The molecule has 0 radical (unpaired) electrons. The third-order valence-electron chi connectivity index (χ3n) is 1.87. The zero-order valence-electron chi connectivity index (χ0n) is 8.43. The summed E-state index contributed by atoms with van der Waals surface area (Å²) in [5.74, 6) is -0.956. The van der Waals surface area contributed by atoms with Crippen LogP contribution in [-0.4, -0.2) is 28.1 Å². The summed E-state index contributed by atoms with van der Waals surface area (Å²) < 4.78 is 0. The third-order valence-corrected chi connectivity index (χ3v) is 1.87. The first-order valence-electron chi connectivity index (χ1n) is 4.23. The van der Waals surface area contributed by atoms with E-state index in [1.54, 1.807) is 0 Å². The number of carbonyl (C=O) groups is 2.